The van der Waals surface area contributed by atoms with Gasteiger partial charge in [-0.2, -0.15) is 0 Å². The first-order valence-electron chi connectivity index (χ1n) is 6.98. The number of benzene rings is 1. The fraction of sp³-hybridized carbons (Fsp3) is 0.625. The molecule has 3 unspecified atom stereocenters. The lowest BCUT2D eigenvalue weighted by Gasteiger charge is -2.46. The van der Waals surface area contributed by atoms with E-state index in [0.717, 1.165) is 6.42 Å². The maximum absolute atomic E-state index is 5.66. The predicted octanol–water partition coefficient (Wildman–Crippen LogP) is 3.09. The average molecular weight is 245 g/mol. The van der Waals surface area contributed by atoms with E-state index in [2.05, 4.69) is 43.1 Å². The molecule has 2 bridgehead atoms. The quantitative estimate of drug-likeness (QED) is 0.794. The molecule has 2 aliphatic heterocycles. The SMILES string of the molecule is COC1CC2CCC(c3ccc(C)cc3)(C1)N2C. The number of nitrogens with zero attached hydrogens (tertiary/aromatic N) is 1. The number of rotatable bonds is 2. The Kier molecular flexibility index (Phi) is 2.95. The van der Waals surface area contributed by atoms with Crippen LogP contribution in [0.4, 0.5) is 0 Å². The van der Waals surface area contributed by atoms with Gasteiger partial charge in [-0.1, -0.05) is 29.8 Å². The van der Waals surface area contributed by atoms with Gasteiger partial charge in [0.05, 0.1) is 6.10 Å². The molecule has 2 heteroatoms. The Labute approximate surface area is 110 Å². The number of hydrogen-bond acceptors (Lipinski definition) is 2. The van der Waals surface area contributed by atoms with Crippen LogP contribution < -0.4 is 0 Å². The zero-order valence-electron chi connectivity index (χ0n) is 11.6. The average Bonchev–Trinajstić information content (AvgIpc) is 2.60. The van der Waals surface area contributed by atoms with Crippen LogP contribution in [0.15, 0.2) is 24.3 Å². The van der Waals surface area contributed by atoms with Gasteiger partial charge in [0, 0.05) is 18.7 Å². The summed E-state index contributed by atoms with van der Waals surface area (Å²) in [5.74, 6) is 0. The minimum atomic E-state index is 0.220. The molecule has 0 amide bonds. The third-order valence-electron chi connectivity index (χ3n) is 5.14. The Morgan fingerprint density at radius 3 is 2.67 bits per heavy atom. The summed E-state index contributed by atoms with van der Waals surface area (Å²) in [5.41, 5.74) is 3.03. The summed E-state index contributed by atoms with van der Waals surface area (Å²) < 4.78 is 5.66. The Balaban J connectivity index is 1.98. The van der Waals surface area contributed by atoms with Crippen LogP contribution in [0.1, 0.15) is 36.8 Å². The van der Waals surface area contributed by atoms with Gasteiger partial charge in [0.25, 0.3) is 0 Å². The number of piperidine rings is 1. The van der Waals surface area contributed by atoms with Crippen molar-refractivity contribution in [1.82, 2.24) is 4.90 Å². The lowest BCUT2D eigenvalue weighted by atomic mass is 9.80. The van der Waals surface area contributed by atoms with Crippen molar-refractivity contribution >= 4 is 0 Å². The predicted molar refractivity (Wildman–Crippen MR) is 73.7 cm³/mol. The first-order valence-corrected chi connectivity index (χ1v) is 6.98. The van der Waals surface area contributed by atoms with E-state index in [9.17, 15) is 0 Å². The Hall–Kier alpha value is -0.860. The first kappa shape index (κ1) is 12.2. The lowest BCUT2D eigenvalue weighted by Crippen LogP contribution is -2.50. The fourth-order valence-corrected chi connectivity index (χ4v) is 3.92. The molecule has 2 saturated heterocycles. The molecule has 2 nitrogen and oxygen atoms in total. The first-order chi connectivity index (χ1) is 8.65. The Morgan fingerprint density at radius 1 is 1.28 bits per heavy atom. The Morgan fingerprint density at radius 2 is 2.00 bits per heavy atom. The summed E-state index contributed by atoms with van der Waals surface area (Å²) in [6.45, 7) is 2.15. The van der Waals surface area contributed by atoms with E-state index in [-0.39, 0.29) is 5.54 Å². The van der Waals surface area contributed by atoms with E-state index in [1.54, 1.807) is 0 Å². The number of hydrogen-bond donors (Lipinski definition) is 0. The summed E-state index contributed by atoms with van der Waals surface area (Å²) in [4.78, 5) is 2.60. The van der Waals surface area contributed by atoms with Crippen molar-refractivity contribution < 1.29 is 4.74 Å². The molecule has 2 fully saturated rings. The molecule has 3 atom stereocenters. The monoisotopic (exact) mass is 245 g/mol. The van der Waals surface area contributed by atoms with E-state index in [0.29, 0.717) is 12.1 Å². The summed E-state index contributed by atoms with van der Waals surface area (Å²) in [7, 11) is 4.15. The molecular weight excluding hydrogens is 222 g/mol. The highest BCUT2D eigenvalue weighted by atomic mass is 16.5. The van der Waals surface area contributed by atoms with E-state index < -0.39 is 0 Å². The van der Waals surface area contributed by atoms with Crippen molar-refractivity contribution in [2.45, 2.75) is 50.3 Å². The van der Waals surface area contributed by atoms with Crippen LogP contribution in [0.3, 0.4) is 0 Å². The molecule has 1 aromatic carbocycles. The molecule has 3 rings (SSSR count). The molecule has 0 N–H and O–H groups in total. The van der Waals surface area contributed by atoms with Crippen molar-refractivity contribution in [2.24, 2.45) is 0 Å². The van der Waals surface area contributed by atoms with Crippen LogP contribution in [0.25, 0.3) is 0 Å². The molecule has 98 valence electrons. The summed E-state index contributed by atoms with van der Waals surface area (Å²) in [6, 6.07) is 9.80. The molecule has 2 aliphatic rings. The van der Waals surface area contributed by atoms with E-state index in [4.69, 9.17) is 4.74 Å². The van der Waals surface area contributed by atoms with Gasteiger partial charge in [-0.05, 0) is 45.2 Å². The molecule has 0 aromatic heterocycles. The topological polar surface area (TPSA) is 12.5 Å². The summed E-state index contributed by atoms with van der Waals surface area (Å²) in [6.07, 6.45) is 5.34. The van der Waals surface area contributed by atoms with Gasteiger partial charge in [0.1, 0.15) is 0 Å². The molecule has 0 radical (unpaired) electrons. The normalized spacial score (nSPS) is 35.9. The second-order valence-corrected chi connectivity index (χ2v) is 6.00. The number of fused-ring (bicyclic) bond motifs is 2. The van der Waals surface area contributed by atoms with Crippen LogP contribution in [-0.4, -0.2) is 31.2 Å². The van der Waals surface area contributed by atoms with Crippen molar-refractivity contribution in [3.8, 4) is 0 Å². The van der Waals surface area contributed by atoms with Crippen LogP contribution in [0, 0.1) is 6.92 Å². The maximum atomic E-state index is 5.66. The smallest absolute Gasteiger partial charge is 0.0607 e. The third kappa shape index (κ3) is 1.70. The largest absolute Gasteiger partial charge is 0.381 e. The molecule has 2 heterocycles. The summed E-state index contributed by atoms with van der Waals surface area (Å²) in [5, 5.41) is 0. The molecule has 0 aliphatic carbocycles. The van der Waals surface area contributed by atoms with Gasteiger partial charge in [0.2, 0.25) is 0 Å². The highest BCUT2D eigenvalue weighted by Gasteiger charge is 2.50. The highest BCUT2D eigenvalue weighted by molar-refractivity contribution is 5.31. The number of ether oxygens (including phenoxy) is 1. The van der Waals surface area contributed by atoms with Crippen LogP contribution >= 0.6 is 0 Å². The van der Waals surface area contributed by atoms with E-state index in [1.807, 2.05) is 7.11 Å². The summed E-state index contributed by atoms with van der Waals surface area (Å²) >= 11 is 0. The van der Waals surface area contributed by atoms with Crippen LogP contribution in [0.5, 0.6) is 0 Å². The van der Waals surface area contributed by atoms with Crippen molar-refractivity contribution in [1.29, 1.82) is 0 Å². The zero-order valence-corrected chi connectivity index (χ0v) is 11.6. The number of aryl methyl sites for hydroxylation is 1. The van der Waals surface area contributed by atoms with Gasteiger partial charge in [0.15, 0.2) is 0 Å². The highest BCUT2D eigenvalue weighted by Crippen LogP contribution is 2.50. The second-order valence-electron chi connectivity index (χ2n) is 6.00. The minimum absolute atomic E-state index is 0.220. The third-order valence-corrected chi connectivity index (χ3v) is 5.14. The van der Waals surface area contributed by atoms with Crippen molar-refractivity contribution in [2.75, 3.05) is 14.2 Å². The molecule has 1 aromatic rings. The molecule has 18 heavy (non-hydrogen) atoms. The van der Waals surface area contributed by atoms with Crippen molar-refractivity contribution in [3.05, 3.63) is 35.4 Å². The van der Waals surface area contributed by atoms with E-state index >= 15 is 0 Å². The standard InChI is InChI=1S/C16H23NO/c1-12-4-6-13(7-5-12)16-9-8-14(17(16)2)10-15(11-16)18-3/h4-7,14-15H,8-11H2,1-3H3. The van der Waals surface area contributed by atoms with Crippen LogP contribution in [-0.2, 0) is 10.3 Å². The van der Waals surface area contributed by atoms with Gasteiger partial charge in [-0.3, -0.25) is 4.90 Å². The molecule has 0 spiro atoms. The van der Waals surface area contributed by atoms with Gasteiger partial charge in [-0.25, -0.2) is 0 Å². The van der Waals surface area contributed by atoms with Gasteiger partial charge >= 0.3 is 0 Å². The molecular formula is C16H23NO. The Bertz CT molecular complexity index is 427. The number of methoxy groups -OCH3 is 1. The maximum Gasteiger partial charge on any atom is 0.0607 e. The van der Waals surface area contributed by atoms with Gasteiger partial charge < -0.3 is 4.74 Å². The van der Waals surface area contributed by atoms with Gasteiger partial charge in [-0.15, -0.1) is 0 Å². The minimum Gasteiger partial charge on any atom is -0.381 e. The van der Waals surface area contributed by atoms with E-state index in [1.165, 1.54) is 30.4 Å². The lowest BCUT2D eigenvalue weighted by molar-refractivity contribution is -0.0285. The second kappa shape index (κ2) is 4.36. The zero-order chi connectivity index (χ0) is 12.8. The fourth-order valence-electron chi connectivity index (χ4n) is 3.92. The molecule has 0 saturated carbocycles. The van der Waals surface area contributed by atoms with Crippen LogP contribution in [0.2, 0.25) is 0 Å². The van der Waals surface area contributed by atoms with Crippen molar-refractivity contribution in [3.63, 3.8) is 0 Å².